The van der Waals surface area contributed by atoms with Gasteiger partial charge in [0.05, 0.1) is 11.7 Å². The van der Waals surface area contributed by atoms with Crippen LogP contribution in [0.5, 0.6) is 0 Å². The number of rotatable bonds is 5. The topological polar surface area (TPSA) is 107 Å². The van der Waals surface area contributed by atoms with Crippen molar-refractivity contribution >= 4 is 16.8 Å². The van der Waals surface area contributed by atoms with E-state index in [0.29, 0.717) is 25.1 Å². The van der Waals surface area contributed by atoms with Gasteiger partial charge in [-0.1, -0.05) is 11.2 Å². The molecule has 2 N–H and O–H groups in total. The average Bonchev–Trinajstić information content (AvgIpc) is 2.85. The second-order valence-electron chi connectivity index (χ2n) is 3.74. The number of hydrogen-bond donors (Lipinski definition) is 2. The number of aromatic amines is 1. The summed E-state index contributed by atoms with van der Waals surface area (Å²) in [6.45, 7) is 0.870. The number of hydrogen-bond acceptors (Lipinski definition) is 3. The number of H-pyrrole nitrogens is 1. The van der Waals surface area contributed by atoms with Crippen molar-refractivity contribution in [3.05, 3.63) is 40.4 Å². The molecule has 7 nitrogen and oxygen atoms in total. The standard InChI is InChI=1S/C11H12N6O/c12-17-14-5-1-4-13-11(18)8-2-3-9-7-15-16-10(9)6-8/h2-3,6-7H,1,4-5H2,(H,13,18)(H,15,16). The number of carbonyl (C=O) groups is 1. The number of fused-ring (bicyclic) bond motifs is 1. The Hall–Kier alpha value is -2.53. The fourth-order valence-corrected chi connectivity index (χ4v) is 1.58. The van der Waals surface area contributed by atoms with E-state index in [4.69, 9.17) is 5.53 Å². The van der Waals surface area contributed by atoms with Gasteiger partial charge in [-0.3, -0.25) is 9.89 Å². The number of carbonyl (C=O) groups excluding carboxylic acids is 1. The predicted octanol–water partition coefficient (Wildman–Crippen LogP) is 1.99. The van der Waals surface area contributed by atoms with Crippen LogP contribution in [0.1, 0.15) is 16.8 Å². The van der Waals surface area contributed by atoms with Crippen molar-refractivity contribution < 1.29 is 4.79 Å². The fourth-order valence-electron chi connectivity index (χ4n) is 1.58. The van der Waals surface area contributed by atoms with Crippen LogP contribution in [0, 0.1) is 0 Å². The smallest absolute Gasteiger partial charge is 0.251 e. The third kappa shape index (κ3) is 2.78. The van der Waals surface area contributed by atoms with Crippen LogP contribution in [-0.4, -0.2) is 29.2 Å². The van der Waals surface area contributed by atoms with E-state index in [0.717, 1.165) is 10.9 Å². The summed E-state index contributed by atoms with van der Waals surface area (Å²) >= 11 is 0. The van der Waals surface area contributed by atoms with E-state index in [1.54, 1.807) is 18.3 Å². The van der Waals surface area contributed by atoms with Gasteiger partial charge in [0.15, 0.2) is 0 Å². The lowest BCUT2D eigenvalue weighted by Gasteiger charge is -2.03. The lowest BCUT2D eigenvalue weighted by molar-refractivity contribution is 0.0953. The molecule has 0 atom stereocenters. The van der Waals surface area contributed by atoms with Crippen LogP contribution >= 0.6 is 0 Å². The molecule has 1 aromatic heterocycles. The van der Waals surface area contributed by atoms with Crippen molar-refractivity contribution in [2.45, 2.75) is 6.42 Å². The zero-order valence-electron chi connectivity index (χ0n) is 9.63. The van der Waals surface area contributed by atoms with Crippen LogP contribution in [0.2, 0.25) is 0 Å². The molecule has 0 radical (unpaired) electrons. The first-order valence-electron chi connectivity index (χ1n) is 5.53. The molecule has 7 heteroatoms. The second-order valence-corrected chi connectivity index (χ2v) is 3.74. The molecule has 0 aliphatic heterocycles. The van der Waals surface area contributed by atoms with Gasteiger partial charge in [-0.2, -0.15) is 5.10 Å². The van der Waals surface area contributed by atoms with Gasteiger partial charge in [0.1, 0.15) is 0 Å². The minimum atomic E-state index is -0.146. The molecular weight excluding hydrogens is 232 g/mol. The molecule has 2 rings (SSSR count). The summed E-state index contributed by atoms with van der Waals surface area (Å²) < 4.78 is 0. The highest BCUT2D eigenvalue weighted by molar-refractivity contribution is 5.97. The van der Waals surface area contributed by atoms with Crippen molar-refractivity contribution in [2.24, 2.45) is 5.11 Å². The summed E-state index contributed by atoms with van der Waals surface area (Å²) in [7, 11) is 0. The summed E-state index contributed by atoms with van der Waals surface area (Å²) in [6, 6.07) is 5.35. The quantitative estimate of drug-likeness (QED) is 0.363. The van der Waals surface area contributed by atoms with Crippen molar-refractivity contribution in [1.82, 2.24) is 15.5 Å². The number of nitrogens with zero attached hydrogens (tertiary/aromatic N) is 4. The molecule has 1 heterocycles. The normalized spacial score (nSPS) is 10.0. The molecule has 0 fully saturated rings. The first kappa shape index (κ1) is 11.9. The number of azide groups is 1. The highest BCUT2D eigenvalue weighted by Crippen LogP contribution is 2.12. The summed E-state index contributed by atoms with van der Waals surface area (Å²) in [5.41, 5.74) is 9.50. The van der Waals surface area contributed by atoms with E-state index in [1.807, 2.05) is 6.07 Å². The fraction of sp³-hybridized carbons (Fsp3) is 0.273. The number of amides is 1. The minimum absolute atomic E-state index is 0.146. The SMILES string of the molecule is [N-]=[N+]=NCCCNC(=O)c1ccc2cn[nH]c2c1. The average molecular weight is 244 g/mol. The molecular formula is C11H12N6O. The maximum Gasteiger partial charge on any atom is 0.251 e. The minimum Gasteiger partial charge on any atom is -0.352 e. The maximum atomic E-state index is 11.8. The van der Waals surface area contributed by atoms with E-state index in [-0.39, 0.29) is 5.91 Å². The Morgan fingerprint density at radius 3 is 3.28 bits per heavy atom. The van der Waals surface area contributed by atoms with Crippen molar-refractivity contribution in [3.8, 4) is 0 Å². The van der Waals surface area contributed by atoms with Crippen molar-refractivity contribution in [3.63, 3.8) is 0 Å². The molecule has 0 saturated carbocycles. The molecule has 92 valence electrons. The van der Waals surface area contributed by atoms with Gasteiger partial charge in [-0.25, -0.2) is 0 Å². The summed E-state index contributed by atoms with van der Waals surface area (Å²) in [6.07, 6.45) is 2.33. The van der Waals surface area contributed by atoms with Gasteiger partial charge in [0.2, 0.25) is 0 Å². The van der Waals surface area contributed by atoms with Gasteiger partial charge < -0.3 is 5.32 Å². The number of aromatic nitrogens is 2. The van der Waals surface area contributed by atoms with E-state index in [2.05, 4.69) is 25.5 Å². The zero-order valence-corrected chi connectivity index (χ0v) is 9.63. The Labute approximate surface area is 103 Å². The second kappa shape index (κ2) is 5.70. The molecule has 0 unspecified atom stereocenters. The first-order chi connectivity index (χ1) is 8.81. The Balaban J connectivity index is 1.93. The van der Waals surface area contributed by atoms with Gasteiger partial charge in [-0.05, 0) is 24.1 Å². The molecule has 0 aliphatic carbocycles. The monoisotopic (exact) mass is 244 g/mol. The predicted molar refractivity (Wildman–Crippen MR) is 67.1 cm³/mol. The van der Waals surface area contributed by atoms with Crippen LogP contribution in [-0.2, 0) is 0 Å². The van der Waals surface area contributed by atoms with Crippen LogP contribution in [0.3, 0.4) is 0 Å². The Morgan fingerprint density at radius 1 is 1.56 bits per heavy atom. The van der Waals surface area contributed by atoms with Gasteiger partial charge in [-0.15, -0.1) is 0 Å². The Kier molecular flexibility index (Phi) is 3.78. The lowest BCUT2D eigenvalue weighted by atomic mass is 10.1. The molecule has 1 aromatic carbocycles. The molecule has 0 saturated heterocycles. The lowest BCUT2D eigenvalue weighted by Crippen LogP contribution is -2.24. The third-order valence-electron chi connectivity index (χ3n) is 2.49. The molecule has 0 spiro atoms. The molecule has 1 amide bonds. The molecule has 2 aromatic rings. The van der Waals surface area contributed by atoms with Crippen LogP contribution in [0.25, 0.3) is 21.3 Å². The maximum absolute atomic E-state index is 11.8. The number of benzene rings is 1. The largest absolute Gasteiger partial charge is 0.352 e. The highest BCUT2D eigenvalue weighted by atomic mass is 16.1. The van der Waals surface area contributed by atoms with Crippen LogP contribution in [0.15, 0.2) is 29.5 Å². The zero-order chi connectivity index (χ0) is 12.8. The summed E-state index contributed by atoms with van der Waals surface area (Å²) in [5.74, 6) is -0.146. The highest BCUT2D eigenvalue weighted by Gasteiger charge is 2.06. The van der Waals surface area contributed by atoms with Crippen molar-refractivity contribution in [2.75, 3.05) is 13.1 Å². The van der Waals surface area contributed by atoms with E-state index in [9.17, 15) is 4.79 Å². The van der Waals surface area contributed by atoms with E-state index >= 15 is 0 Å². The Morgan fingerprint density at radius 2 is 2.44 bits per heavy atom. The molecule has 18 heavy (non-hydrogen) atoms. The molecule has 0 bridgehead atoms. The van der Waals surface area contributed by atoms with E-state index < -0.39 is 0 Å². The summed E-state index contributed by atoms with van der Waals surface area (Å²) in [4.78, 5) is 14.4. The van der Waals surface area contributed by atoms with Crippen molar-refractivity contribution in [1.29, 1.82) is 0 Å². The third-order valence-corrected chi connectivity index (χ3v) is 2.49. The van der Waals surface area contributed by atoms with Gasteiger partial charge in [0, 0.05) is 29.0 Å². The van der Waals surface area contributed by atoms with Crippen LogP contribution in [0.4, 0.5) is 0 Å². The van der Waals surface area contributed by atoms with Gasteiger partial charge >= 0.3 is 0 Å². The Bertz CT molecular complexity index is 598. The molecule has 0 aliphatic rings. The van der Waals surface area contributed by atoms with E-state index in [1.165, 1.54) is 0 Å². The van der Waals surface area contributed by atoms with Crippen LogP contribution < -0.4 is 5.32 Å². The van der Waals surface area contributed by atoms with Gasteiger partial charge in [0.25, 0.3) is 5.91 Å². The first-order valence-corrected chi connectivity index (χ1v) is 5.53. The number of nitrogens with one attached hydrogen (secondary N) is 2. The summed E-state index contributed by atoms with van der Waals surface area (Å²) in [5, 5.41) is 13.8.